The highest BCUT2D eigenvalue weighted by Crippen LogP contribution is 2.37. The summed E-state index contributed by atoms with van der Waals surface area (Å²) < 4.78 is 11.9. The number of nitrogens with one attached hydrogen (secondary N) is 1. The number of thiophene rings is 1. The number of amides is 1. The first-order chi connectivity index (χ1) is 15.6. The van der Waals surface area contributed by atoms with Crippen LogP contribution >= 0.6 is 22.9 Å². The van der Waals surface area contributed by atoms with Gasteiger partial charge in [0.1, 0.15) is 16.2 Å². The molecule has 2 aromatic heterocycles. The van der Waals surface area contributed by atoms with Gasteiger partial charge in [-0.2, -0.15) is 0 Å². The summed E-state index contributed by atoms with van der Waals surface area (Å²) in [6.45, 7) is 0. The van der Waals surface area contributed by atoms with Crippen molar-refractivity contribution in [2.24, 2.45) is 0 Å². The van der Waals surface area contributed by atoms with E-state index in [2.05, 4.69) is 5.32 Å². The van der Waals surface area contributed by atoms with Gasteiger partial charge >= 0.3 is 0 Å². The third-order valence-electron chi connectivity index (χ3n) is 5.13. The summed E-state index contributed by atoms with van der Waals surface area (Å²) in [4.78, 5) is 26.8. The Morgan fingerprint density at radius 3 is 2.34 bits per heavy atom. The zero-order valence-electron chi connectivity index (χ0n) is 16.8. The smallest absolute Gasteiger partial charge is 0.267 e. The van der Waals surface area contributed by atoms with E-state index in [4.69, 9.17) is 20.8 Å². The highest BCUT2D eigenvalue weighted by molar-refractivity contribution is 7.21. The number of hydrogen-bond donors (Lipinski definition) is 1. The predicted molar refractivity (Wildman–Crippen MR) is 127 cm³/mol. The lowest BCUT2D eigenvalue weighted by atomic mass is 10.1. The van der Waals surface area contributed by atoms with Gasteiger partial charge < -0.3 is 14.5 Å². The van der Waals surface area contributed by atoms with E-state index in [0.29, 0.717) is 37.9 Å². The van der Waals surface area contributed by atoms with E-state index in [1.54, 1.807) is 43.5 Å². The van der Waals surface area contributed by atoms with Crippen LogP contribution in [0.3, 0.4) is 0 Å². The van der Waals surface area contributed by atoms with Crippen molar-refractivity contribution in [3.8, 4) is 5.75 Å². The molecular weight excluding hydrogens is 446 g/mol. The number of rotatable bonds is 5. The van der Waals surface area contributed by atoms with Crippen LogP contribution in [0.15, 0.2) is 77.2 Å². The maximum Gasteiger partial charge on any atom is 0.267 e. The molecule has 7 heteroatoms. The number of para-hydroxylation sites is 1. The highest BCUT2D eigenvalue weighted by Gasteiger charge is 2.25. The minimum atomic E-state index is -0.397. The van der Waals surface area contributed by atoms with Gasteiger partial charge in [0.25, 0.3) is 5.91 Å². The number of anilines is 1. The van der Waals surface area contributed by atoms with Gasteiger partial charge in [0.05, 0.1) is 17.8 Å². The summed E-state index contributed by atoms with van der Waals surface area (Å²) in [6, 6.07) is 21.4. The molecule has 3 aromatic carbocycles. The van der Waals surface area contributed by atoms with Crippen molar-refractivity contribution in [3.05, 3.63) is 94.0 Å². The summed E-state index contributed by atoms with van der Waals surface area (Å²) in [5.74, 6) is -0.0471. The number of benzene rings is 3. The Hall–Kier alpha value is -3.61. The number of methoxy groups -OCH3 is 1. The van der Waals surface area contributed by atoms with Gasteiger partial charge in [-0.1, -0.05) is 41.9 Å². The van der Waals surface area contributed by atoms with E-state index in [1.165, 1.54) is 11.3 Å². The summed E-state index contributed by atoms with van der Waals surface area (Å²) in [5, 5.41) is 4.71. The Kier molecular flexibility index (Phi) is 5.17. The number of ketones is 1. The molecule has 0 saturated carbocycles. The Labute approximate surface area is 192 Å². The second-order valence-electron chi connectivity index (χ2n) is 7.06. The SMILES string of the molecule is COc1ccc(C(=O)c2oc3ccccc3c2NC(=O)c2sc3ccccc3c2Cl)cc1. The number of hydrogen-bond acceptors (Lipinski definition) is 5. The average Bonchev–Trinajstić information content (AvgIpc) is 3.37. The fraction of sp³-hybridized carbons (Fsp3) is 0.0400. The molecule has 32 heavy (non-hydrogen) atoms. The van der Waals surface area contributed by atoms with Crippen molar-refractivity contribution in [2.45, 2.75) is 0 Å². The summed E-state index contributed by atoms with van der Waals surface area (Å²) in [6.07, 6.45) is 0. The van der Waals surface area contributed by atoms with Crippen molar-refractivity contribution >= 4 is 61.4 Å². The van der Waals surface area contributed by atoms with Gasteiger partial charge in [0, 0.05) is 21.0 Å². The molecule has 0 atom stereocenters. The molecule has 158 valence electrons. The molecular formula is C25H16ClNO4S. The Balaban J connectivity index is 1.57. The van der Waals surface area contributed by atoms with Crippen LogP contribution in [-0.4, -0.2) is 18.8 Å². The molecule has 0 aliphatic carbocycles. The molecule has 0 fully saturated rings. The van der Waals surface area contributed by atoms with E-state index in [1.807, 2.05) is 36.4 Å². The second-order valence-corrected chi connectivity index (χ2v) is 8.49. The molecule has 5 nitrogen and oxygen atoms in total. The van der Waals surface area contributed by atoms with Gasteiger partial charge in [0.2, 0.25) is 5.78 Å². The standard InChI is InChI=1S/C25H16ClNO4S/c1-30-15-12-10-14(11-13-15)22(28)23-21(16-6-2-4-8-18(16)31-23)27-25(29)24-20(26)17-7-3-5-9-19(17)32-24/h2-13H,1H3,(H,27,29). The zero-order valence-corrected chi connectivity index (χ0v) is 18.4. The summed E-state index contributed by atoms with van der Waals surface area (Å²) in [5.41, 5.74) is 1.24. The second kappa shape index (κ2) is 8.15. The van der Waals surface area contributed by atoms with Crippen LogP contribution in [0.4, 0.5) is 5.69 Å². The highest BCUT2D eigenvalue weighted by atomic mass is 35.5. The molecule has 0 unspecified atom stereocenters. The molecule has 2 heterocycles. The molecule has 0 aliphatic heterocycles. The van der Waals surface area contributed by atoms with Gasteiger partial charge in [-0.25, -0.2) is 0 Å². The van der Waals surface area contributed by atoms with E-state index >= 15 is 0 Å². The first kappa shape index (κ1) is 20.3. The maximum absolute atomic E-state index is 13.3. The van der Waals surface area contributed by atoms with Gasteiger partial charge in [-0.05, 0) is 42.5 Å². The van der Waals surface area contributed by atoms with E-state index in [0.717, 1.165) is 10.1 Å². The van der Waals surface area contributed by atoms with E-state index < -0.39 is 5.91 Å². The van der Waals surface area contributed by atoms with Crippen molar-refractivity contribution in [3.63, 3.8) is 0 Å². The fourth-order valence-electron chi connectivity index (χ4n) is 3.53. The topological polar surface area (TPSA) is 68.5 Å². The first-order valence-electron chi connectivity index (χ1n) is 9.75. The van der Waals surface area contributed by atoms with Crippen LogP contribution < -0.4 is 10.1 Å². The molecule has 1 N–H and O–H groups in total. The minimum Gasteiger partial charge on any atom is -0.497 e. The van der Waals surface area contributed by atoms with Crippen molar-refractivity contribution in [1.29, 1.82) is 0 Å². The molecule has 0 radical (unpaired) electrons. The Bertz CT molecular complexity index is 1480. The number of halogens is 1. The molecule has 5 aromatic rings. The quantitative estimate of drug-likeness (QED) is 0.292. The van der Waals surface area contributed by atoms with Crippen LogP contribution in [0.1, 0.15) is 25.8 Å². The normalized spacial score (nSPS) is 11.1. The van der Waals surface area contributed by atoms with Gasteiger partial charge in [0.15, 0.2) is 5.76 Å². The minimum absolute atomic E-state index is 0.0574. The molecule has 1 amide bonds. The van der Waals surface area contributed by atoms with Crippen molar-refractivity contribution in [1.82, 2.24) is 0 Å². The lowest BCUT2D eigenvalue weighted by Crippen LogP contribution is -2.13. The monoisotopic (exact) mass is 461 g/mol. The fourth-order valence-corrected chi connectivity index (χ4v) is 4.95. The van der Waals surface area contributed by atoms with Crippen molar-refractivity contribution < 1.29 is 18.7 Å². The zero-order chi connectivity index (χ0) is 22.2. The van der Waals surface area contributed by atoms with Crippen LogP contribution in [0.25, 0.3) is 21.1 Å². The van der Waals surface area contributed by atoms with Gasteiger partial charge in [-0.3, -0.25) is 9.59 Å². The number of carbonyl (C=O) groups is 2. The predicted octanol–water partition coefficient (Wildman–Crippen LogP) is 6.79. The van der Waals surface area contributed by atoms with Crippen LogP contribution in [0.5, 0.6) is 5.75 Å². The number of carbonyl (C=O) groups excluding carboxylic acids is 2. The molecule has 5 rings (SSSR count). The largest absolute Gasteiger partial charge is 0.497 e. The number of fused-ring (bicyclic) bond motifs is 2. The van der Waals surface area contributed by atoms with Crippen LogP contribution in [0.2, 0.25) is 5.02 Å². The van der Waals surface area contributed by atoms with E-state index in [-0.39, 0.29) is 11.5 Å². The van der Waals surface area contributed by atoms with Crippen LogP contribution in [-0.2, 0) is 0 Å². The third kappa shape index (κ3) is 3.43. The maximum atomic E-state index is 13.3. The molecule has 0 spiro atoms. The Morgan fingerprint density at radius 2 is 1.62 bits per heavy atom. The van der Waals surface area contributed by atoms with Crippen molar-refractivity contribution in [2.75, 3.05) is 12.4 Å². The number of ether oxygens (including phenoxy) is 1. The summed E-state index contributed by atoms with van der Waals surface area (Å²) >= 11 is 7.79. The molecule has 0 bridgehead atoms. The average molecular weight is 462 g/mol. The lowest BCUT2D eigenvalue weighted by molar-refractivity contribution is 0.101. The van der Waals surface area contributed by atoms with Crippen LogP contribution in [0, 0.1) is 0 Å². The number of furan rings is 1. The van der Waals surface area contributed by atoms with Gasteiger partial charge in [-0.15, -0.1) is 11.3 Å². The lowest BCUT2D eigenvalue weighted by Gasteiger charge is -2.06. The summed E-state index contributed by atoms with van der Waals surface area (Å²) in [7, 11) is 1.56. The molecule has 0 aliphatic rings. The molecule has 0 saturated heterocycles. The van der Waals surface area contributed by atoms with E-state index in [9.17, 15) is 9.59 Å². The Morgan fingerprint density at radius 1 is 0.938 bits per heavy atom. The first-order valence-corrected chi connectivity index (χ1v) is 10.9. The third-order valence-corrected chi connectivity index (χ3v) is 6.81.